The molecule has 16 heavy (non-hydrogen) atoms. The molecular formula is C12H15BrN2O. The van der Waals surface area contributed by atoms with Crippen LogP contribution in [0, 0.1) is 0 Å². The van der Waals surface area contributed by atoms with Crippen LogP contribution in [0.5, 0.6) is 0 Å². The highest BCUT2D eigenvalue weighted by molar-refractivity contribution is 9.10. The fraction of sp³-hybridized carbons (Fsp3) is 0.583. The molecule has 3 rings (SSSR count). The molecular weight excluding hydrogens is 268 g/mol. The summed E-state index contributed by atoms with van der Waals surface area (Å²) in [6, 6.07) is 3.13. The maximum absolute atomic E-state index is 9.76. The summed E-state index contributed by atoms with van der Waals surface area (Å²) in [5.41, 5.74) is 1.19. The van der Waals surface area contributed by atoms with Crippen LogP contribution < -0.4 is 4.90 Å². The van der Waals surface area contributed by atoms with Gasteiger partial charge in [0.25, 0.3) is 0 Å². The Balaban J connectivity index is 1.91. The van der Waals surface area contributed by atoms with Crippen molar-refractivity contribution in [2.75, 3.05) is 4.90 Å². The van der Waals surface area contributed by atoms with Crippen molar-refractivity contribution in [2.45, 2.75) is 43.9 Å². The second kappa shape index (κ2) is 4.00. The van der Waals surface area contributed by atoms with Gasteiger partial charge >= 0.3 is 0 Å². The van der Waals surface area contributed by atoms with Crippen LogP contribution in [0.2, 0.25) is 0 Å². The average molecular weight is 283 g/mol. The van der Waals surface area contributed by atoms with Gasteiger partial charge in [-0.2, -0.15) is 0 Å². The van der Waals surface area contributed by atoms with E-state index in [2.05, 4.69) is 31.9 Å². The standard InChI is InChI=1S/C12H15BrN2O/c13-8-3-11(7-14-6-8)15-9-1-2-10(15)5-12(16)4-9/h3,6-7,9-10,12,16H,1-2,4-5H2. The number of aromatic nitrogens is 1. The van der Waals surface area contributed by atoms with Crippen LogP contribution >= 0.6 is 15.9 Å². The van der Waals surface area contributed by atoms with E-state index in [9.17, 15) is 5.11 Å². The Morgan fingerprint density at radius 3 is 2.56 bits per heavy atom. The van der Waals surface area contributed by atoms with Crippen LogP contribution in [0.25, 0.3) is 0 Å². The SMILES string of the molecule is OC1CC2CCC(C1)N2c1cncc(Br)c1. The number of rotatable bonds is 1. The lowest BCUT2D eigenvalue weighted by atomic mass is 9.99. The predicted octanol–water partition coefficient (Wildman–Crippen LogP) is 2.34. The predicted molar refractivity (Wildman–Crippen MR) is 66.5 cm³/mol. The molecule has 2 aliphatic rings. The van der Waals surface area contributed by atoms with Crippen LogP contribution in [0.4, 0.5) is 5.69 Å². The number of hydrogen-bond acceptors (Lipinski definition) is 3. The molecule has 1 aromatic rings. The number of anilines is 1. The highest BCUT2D eigenvalue weighted by Gasteiger charge is 2.40. The Morgan fingerprint density at radius 1 is 1.25 bits per heavy atom. The Hall–Kier alpha value is -0.610. The molecule has 2 atom stereocenters. The van der Waals surface area contributed by atoms with Gasteiger partial charge in [0.05, 0.1) is 18.0 Å². The zero-order valence-corrected chi connectivity index (χ0v) is 10.6. The van der Waals surface area contributed by atoms with Crippen LogP contribution in [0.1, 0.15) is 25.7 Å². The molecule has 1 aromatic heterocycles. The van der Waals surface area contributed by atoms with Crippen molar-refractivity contribution in [1.82, 2.24) is 4.98 Å². The molecule has 2 unspecified atom stereocenters. The summed E-state index contributed by atoms with van der Waals surface area (Å²) in [5.74, 6) is 0. The second-order valence-electron chi connectivity index (χ2n) is 4.78. The molecule has 0 aliphatic carbocycles. The molecule has 1 N–H and O–H groups in total. The van der Waals surface area contributed by atoms with Gasteiger partial charge in [-0.15, -0.1) is 0 Å². The zero-order chi connectivity index (χ0) is 11.1. The summed E-state index contributed by atoms with van der Waals surface area (Å²) in [7, 11) is 0. The molecule has 2 fully saturated rings. The first-order valence-electron chi connectivity index (χ1n) is 5.81. The third-order valence-electron chi connectivity index (χ3n) is 3.70. The summed E-state index contributed by atoms with van der Waals surface area (Å²) >= 11 is 3.46. The minimum atomic E-state index is -0.103. The molecule has 0 aromatic carbocycles. The van der Waals surface area contributed by atoms with Gasteiger partial charge in [-0.05, 0) is 47.7 Å². The van der Waals surface area contributed by atoms with E-state index in [4.69, 9.17) is 0 Å². The second-order valence-corrected chi connectivity index (χ2v) is 5.69. The Bertz CT molecular complexity index is 384. The highest BCUT2D eigenvalue weighted by atomic mass is 79.9. The maximum atomic E-state index is 9.76. The fourth-order valence-corrected chi connectivity index (χ4v) is 3.46. The van der Waals surface area contributed by atoms with E-state index in [0.717, 1.165) is 17.3 Å². The van der Waals surface area contributed by atoms with Gasteiger partial charge in [0.1, 0.15) is 0 Å². The lowest BCUT2D eigenvalue weighted by molar-refractivity contribution is 0.126. The lowest BCUT2D eigenvalue weighted by Gasteiger charge is -2.38. The molecule has 3 nitrogen and oxygen atoms in total. The summed E-state index contributed by atoms with van der Waals surface area (Å²) < 4.78 is 1.02. The van der Waals surface area contributed by atoms with Gasteiger partial charge in [-0.25, -0.2) is 0 Å². The minimum Gasteiger partial charge on any atom is -0.393 e. The molecule has 0 saturated carbocycles. The molecule has 2 bridgehead atoms. The van der Waals surface area contributed by atoms with Crippen molar-refractivity contribution in [1.29, 1.82) is 0 Å². The van der Waals surface area contributed by atoms with E-state index in [1.807, 2.05) is 12.4 Å². The van der Waals surface area contributed by atoms with E-state index >= 15 is 0 Å². The smallest absolute Gasteiger partial charge is 0.0579 e. The van der Waals surface area contributed by atoms with E-state index in [1.165, 1.54) is 18.5 Å². The summed E-state index contributed by atoms with van der Waals surface area (Å²) in [4.78, 5) is 6.67. The number of halogens is 1. The van der Waals surface area contributed by atoms with E-state index < -0.39 is 0 Å². The van der Waals surface area contributed by atoms with Crippen molar-refractivity contribution in [2.24, 2.45) is 0 Å². The normalized spacial score (nSPS) is 33.1. The third-order valence-corrected chi connectivity index (χ3v) is 4.13. The number of pyridine rings is 1. The van der Waals surface area contributed by atoms with Crippen molar-refractivity contribution in [3.8, 4) is 0 Å². The molecule has 86 valence electrons. The first kappa shape index (κ1) is 10.5. The zero-order valence-electron chi connectivity index (χ0n) is 9.01. The molecule has 4 heteroatoms. The van der Waals surface area contributed by atoms with E-state index in [-0.39, 0.29) is 6.10 Å². The summed E-state index contributed by atoms with van der Waals surface area (Å²) in [6.07, 6.45) is 7.85. The first-order chi connectivity index (χ1) is 7.74. The van der Waals surface area contributed by atoms with Gasteiger partial charge in [-0.3, -0.25) is 4.98 Å². The lowest BCUT2D eigenvalue weighted by Crippen LogP contribution is -2.44. The quantitative estimate of drug-likeness (QED) is 0.859. The van der Waals surface area contributed by atoms with Crippen molar-refractivity contribution >= 4 is 21.6 Å². The molecule has 0 radical (unpaired) electrons. The number of hydrogen-bond donors (Lipinski definition) is 1. The minimum absolute atomic E-state index is 0.103. The third kappa shape index (κ3) is 1.74. The highest BCUT2D eigenvalue weighted by Crippen LogP contribution is 2.39. The van der Waals surface area contributed by atoms with E-state index in [1.54, 1.807) is 0 Å². The van der Waals surface area contributed by atoms with Crippen molar-refractivity contribution < 1.29 is 5.11 Å². The van der Waals surface area contributed by atoms with Gasteiger partial charge in [0.15, 0.2) is 0 Å². The molecule has 3 heterocycles. The fourth-order valence-electron chi connectivity index (χ4n) is 3.11. The van der Waals surface area contributed by atoms with Gasteiger partial charge < -0.3 is 10.0 Å². The van der Waals surface area contributed by atoms with E-state index in [0.29, 0.717) is 12.1 Å². The summed E-state index contributed by atoms with van der Waals surface area (Å²) in [6.45, 7) is 0. The van der Waals surface area contributed by atoms with Crippen molar-refractivity contribution in [3.05, 3.63) is 22.9 Å². The number of aliphatic hydroxyl groups excluding tert-OH is 1. The number of nitrogens with zero attached hydrogens (tertiary/aromatic N) is 2. The number of fused-ring (bicyclic) bond motifs is 2. The molecule has 0 spiro atoms. The summed E-state index contributed by atoms with van der Waals surface area (Å²) in [5, 5.41) is 9.76. The van der Waals surface area contributed by atoms with Gasteiger partial charge in [-0.1, -0.05) is 0 Å². The molecule has 0 amide bonds. The molecule has 2 aliphatic heterocycles. The van der Waals surface area contributed by atoms with Crippen LogP contribution in [0.15, 0.2) is 22.9 Å². The molecule has 2 saturated heterocycles. The Kier molecular flexibility index (Phi) is 2.64. The topological polar surface area (TPSA) is 36.4 Å². The van der Waals surface area contributed by atoms with Crippen LogP contribution in [-0.4, -0.2) is 28.3 Å². The van der Waals surface area contributed by atoms with Crippen LogP contribution in [0.3, 0.4) is 0 Å². The number of aliphatic hydroxyl groups is 1. The van der Waals surface area contributed by atoms with Crippen LogP contribution in [-0.2, 0) is 0 Å². The monoisotopic (exact) mass is 282 g/mol. The Labute approximate surface area is 104 Å². The average Bonchev–Trinajstić information content (AvgIpc) is 2.51. The maximum Gasteiger partial charge on any atom is 0.0579 e. The van der Waals surface area contributed by atoms with Gasteiger partial charge in [0.2, 0.25) is 0 Å². The first-order valence-corrected chi connectivity index (χ1v) is 6.60. The Morgan fingerprint density at radius 2 is 1.94 bits per heavy atom. The van der Waals surface area contributed by atoms with Crippen molar-refractivity contribution in [3.63, 3.8) is 0 Å². The van der Waals surface area contributed by atoms with Gasteiger partial charge in [0, 0.05) is 22.8 Å². The number of piperidine rings is 1. The largest absolute Gasteiger partial charge is 0.393 e.